The van der Waals surface area contributed by atoms with Gasteiger partial charge in [0.15, 0.2) is 0 Å². The highest BCUT2D eigenvalue weighted by atomic mass is 32.2. The summed E-state index contributed by atoms with van der Waals surface area (Å²) >= 11 is 0. The first-order valence-corrected chi connectivity index (χ1v) is 9.29. The smallest absolute Gasteiger partial charge is 0.330 e. The number of aliphatic hydroxyl groups excluding tert-OH is 1. The maximum atomic E-state index is 12.4. The van der Waals surface area contributed by atoms with Gasteiger partial charge in [0.05, 0.1) is 11.5 Å². The maximum Gasteiger partial charge on any atom is 0.330 e. The van der Waals surface area contributed by atoms with E-state index in [0.717, 1.165) is 4.57 Å². The van der Waals surface area contributed by atoms with Crippen molar-refractivity contribution >= 4 is 10.1 Å². The summed E-state index contributed by atoms with van der Waals surface area (Å²) in [6, 6.07) is 7.60. The van der Waals surface area contributed by atoms with Crippen molar-refractivity contribution in [2.24, 2.45) is 0 Å². The van der Waals surface area contributed by atoms with Gasteiger partial charge in [-0.25, -0.2) is 4.79 Å². The van der Waals surface area contributed by atoms with Gasteiger partial charge in [-0.05, 0) is 19.1 Å². The Morgan fingerprint density at radius 1 is 1.31 bits per heavy atom. The van der Waals surface area contributed by atoms with Gasteiger partial charge >= 0.3 is 5.69 Å². The topological polar surface area (TPSA) is 128 Å². The molecule has 1 fully saturated rings. The molecule has 2 aromatic rings. The normalized spacial score (nSPS) is 23.2. The third-order valence-electron chi connectivity index (χ3n) is 4.10. The Labute approximate surface area is 149 Å². The van der Waals surface area contributed by atoms with Gasteiger partial charge in [-0.1, -0.05) is 18.2 Å². The van der Waals surface area contributed by atoms with Gasteiger partial charge in [0.2, 0.25) is 0 Å². The SMILES string of the molecule is Cc1cn(C2CC(OS(=O)(=O)c3ccccc3)C(CO)O2)c(=O)[nH]c1=O. The molecule has 0 bridgehead atoms. The molecule has 0 amide bonds. The number of aromatic nitrogens is 2. The van der Waals surface area contributed by atoms with E-state index >= 15 is 0 Å². The highest BCUT2D eigenvalue weighted by Crippen LogP contribution is 2.31. The summed E-state index contributed by atoms with van der Waals surface area (Å²) in [7, 11) is -4.05. The van der Waals surface area contributed by atoms with E-state index in [0.29, 0.717) is 5.56 Å². The Morgan fingerprint density at radius 2 is 2.00 bits per heavy atom. The number of H-pyrrole nitrogens is 1. The van der Waals surface area contributed by atoms with Gasteiger partial charge in [0.25, 0.3) is 15.7 Å². The van der Waals surface area contributed by atoms with Crippen LogP contribution in [0.2, 0.25) is 0 Å². The number of aryl methyl sites for hydroxylation is 1. The van der Waals surface area contributed by atoms with Crippen LogP contribution in [0.3, 0.4) is 0 Å². The number of ether oxygens (including phenoxy) is 1. The lowest BCUT2D eigenvalue weighted by atomic mass is 10.2. The minimum Gasteiger partial charge on any atom is -0.394 e. The van der Waals surface area contributed by atoms with E-state index < -0.39 is 46.4 Å². The van der Waals surface area contributed by atoms with E-state index in [1.165, 1.54) is 25.3 Å². The van der Waals surface area contributed by atoms with Gasteiger partial charge in [-0.3, -0.25) is 18.5 Å². The number of hydrogen-bond donors (Lipinski definition) is 2. The second kappa shape index (κ2) is 7.16. The van der Waals surface area contributed by atoms with Crippen LogP contribution in [0, 0.1) is 6.92 Å². The predicted octanol–water partition coefficient (Wildman–Crippen LogP) is -0.101. The number of nitrogens with one attached hydrogen (secondary N) is 1. The summed E-state index contributed by atoms with van der Waals surface area (Å²) in [6.45, 7) is 1.05. The van der Waals surface area contributed by atoms with E-state index in [2.05, 4.69) is 4.98 Å². The zero-order chi connectivity index (χ0) is 18.9. The molecular weight excluding hydrogens is 364 g/mol. The lowest BCUT2D eigenvalue weighted by molar-refractivity contribution is -0.0414. The van der Waals surface area contributed by atoms with Crippen molar-refractivity contribution in [1.29, 1.82) is 0 Å². The molecule has 2 N–H and O–H groups in total. The second-order valence-electron chi connectivity index (χ2n) is 5.93. The first-order valence-electron chi connectivity index (χ1n) is 7.88. The Bertz CT molecular complexity index is 997. The van der Waals surface area contributed by atoms with Gasteiger partial charge in [-0.2, -0.15) is 8.42 Å². The minimum atomic E-state index is -4.05. The lowest BCUT2D eigenvalue weighted by Crippen LogP contribution is -2.33. The summed E-state index contributed by atoms with van der Waals surface area (Å²) in [5.74, 6) is 0. The van der Waals surface area contributed by atoms with E-state index in [4.69, 9.17) is 8.92 Å². The van der Waals surface area contributed by atoms with E-state index in [1.807, 2.05) is 0 Å². The summed E-state index contributed by atoms with van der Waals surface area (Å²) in [4.78, 5) is 25.6. The molecule has 10 heteroatoms. The number of nitrogens with zero attached hydrogens (tertiary/aromatic N) is 1. The summed E-state index contributed by atoms with van der Waals surface area (Å²) < 4.78 is 36.7. The zero-order valence-corrected chi connectivity index (χ0v) is 14.7. The van der Waals surface area contributed by atoms with Gasteiger partial charge in [-0.15, -0.1) is 0 Å². The van der Waals surface area contributed by atoms with Crippen LogP contribution in [-0.4, -0.2) is 41.9 Å². The molecule has 0 saturated carbocycles. The molecule has 3 atom stereocenters. The molecule has 1 saturated heterocycles. The number of rotatable bonds is 5. The number of aliphatic hydroxyl groups is 1. The van der Waals surface area contributed by atoms with Crippen LogP contribution < -0.4 is 11.2 Å². The maximum absolute atomic E-state index is 12.4. The molecule has 26 heavy (non-hydrogen) atoms. The summed E-state index contributed by atoms with van der Waals surface area (Å²) in [5, 5.41) is 9.49. The molecule has 1 aromatic heterocycles. The van der Waals surface area contributed by atoms with Crippen molar-refractivity contribution in [2.45, 2.75) is 36.7 Å². The van der Waals surface area contributed by atoms with Crippen molar-refractivity contribution in [2.75, 3.05) is 6.61 Å². The zero-order valence-electron chi connectivity index (χ0n) is 13.9. The predicted molar refractivity (Wildman–Crippen MR) is 90.2 cm³/mol. The minimum absolute atomic E-state index is 0.0165. The third kappa shape index (κ3) is 3.63. The van der Waals surface area contributed by atoms with Crippen molar-refractivity contribution in [3.05, 3.63) is 62.9 Å². The molecule has 140 valence electrons. The number of benzene rings is 1. The fourth-order valence-corrected chi connectivity index (χ4v) is 3.87. The molecule has 9 nitrogen and oxygen atoms in total. The standard InChI is InChI=1S/C16H18N2O7S/c1-10-8-18(16(21)17-15(10)20)14-7-12(13(9-19)24-14)25-26(22,23)11-5-3-2-4-6-11/h2-6,8,12-14,19H,7,9H2,1H3,(H,17,20,21). The lowest BCUT2D eigenvalue weighted by Gasteiger charge is -2.16. The quantitative estimate of drug-likeness (QED) is 0.691. The van der Waals surface area contributed by atoms with E-state index in [1.54, 1.807) is 18.2 Å². The molecular formula is C16H18N2O7S. The first-order chi connectivity index (χ1) is 12.3. The number of hydrogen-bond acceptors (Lipinski definition) is 7. The summed E-state index contributed by atoms with van der Waals surface area (Å²) in [5.41, 5.74) is -0.897. The number of aromatic amines is 1. The van der Waals surface area contributed by atoms with Crippen LogP contribution >= 0.6 is 0 Å². The van der Waals surface area contributed by atoms with E-state index in [-0.39, 0.29) is 11.3 Å². The third-order valence-corrected chi connectivity index (χ3v) is 5.45. The van der Waals surface area contributed by atoms with Crippen molar-refractivity contribution in [3.8, 4) is 0 Å². The average Bonchev–Trinajstić information content (AvgIpc) is 3.00. The van der Waals surface area contributed by atoms with Crippen LogP contribution in [-0.2, 0) is 19.0 Å². The Balaban J connectivity index is 1.85. The monoisotopic (exact) mass is 382 g/mol. The summed E-state index contributed by atoms with van der Waals surface area (Å²) in [6.07, 6.45) is -1.44. The largest absolute Gasteiger partial charge is 0.394 e. The second-order valence-corrected chi connectivity index (χ2v) is 7.50. The fourth-order valence-electron chi connectivity index (χ4n) is 2.74. The average molecular weight is 382 g/mol. The Kier molecular flexibility index (Phi) is 5.10. The molecule has 0 radical (unpaired) electrons. The molecule has 2 heterocycles. The van der Waals surface area contributed by atoms with Crippen LogP contribution in [0.4, 0.5) is 0 Å². The molecule has 3 rings (SSSR count). The van der Waals surface area contributed by atoms with Gasteiger partial charge in [0.1, 0.15) is 18.4 Å². The fraction of sp³-hybridized carbons (Fsp3) is 0.375. The van der Waals surface area contributed by atoms with Crippen LogP contribution in [0.25, 0.3) is 0 Å². The van der Waals surface area contributed by atoms with Crippen LogP contribution in [0.1, 0.15) is 18.2 Å². The van der Waals surface area contributed by atoms with Crippen molar-refractivity contribution in [3.63, 3.8) is 0 Å². The van der Waals surface area contributed by atoms with Crippen LogP contribution in [0.5, 0.6) is 0 Å². The van der Waals surface area contributed by atoms with E-state index in [9.17, 15) is 23.1 Å². The molecule has 3 unspecified atom stereocenters. The van der Waals surface area contributed by atoms with Gasteiger partial charge in [0, 0.05) is 18.2 Å². The van der Waals surface area contributed by atoms with Crippen molar-refractivity contribution < 1.29 is 22.4 Å². The molecule has 1 aliphatic rings. The highest BCUT2D eigenvalue weighted by Gasteiger charge is 2.40. The highest BCUT2D eigenvalue weighted by molar-refractivity contribution is 7.86. The molecule has 1 aliphatic heterocycles. The molecule has 1 aromatic carbocycles. The van der Waals surface area contributed by atoms with Gasteiger partial charge < -0.3 is 9.84 Å². The first kappa shape index (κ1) is 18.5. The molecule has 0 spiro atoms. The Morgan fingerprint density at radius 3 is 2.65 bits per heavy atom. The Hall–Kier alpha value is -2.27. The van der Waals surface area contributed by atoms with Crippen LogP contribution in [0.15, 0.2) is 51.0 Å². The van der Waals surface area contributed by atoms with Crippen molar-refractivity contribution in [1.82, 2.24) is 9.55 Å². The molecule has 0 aliphatic carbocycles.